The highest BCUT2D eigenvalue weighted by molar-refractivity contribution is 5.92. The summed E-state index contributed by atoms with van der Waals surface area (Å²) < 4.78 is 0. The third-order valence-corrected chi connectivity index (χ3v) is 5.64. The molecule has 1 aliphatic rings. The number of pyridine rings is 1. The van der Waals surface area contributed by atoms with E-state index in [1.54, 1.807) is 0 Å². The van der Waals surface area contributed by atoms with E-state index >= 15 is 0 Å². The standard InChI is InChI=1S/C22H32N6O/c1-6-24-27(5)16(4)11-17-7-9-23-20(12-17)18-8-10-28(14-18)22(29)21-13-19(15(2)3)25-26-21/h6-7,9,12-13,15-16,18H,8,10-11,14H2,1-5H3,(H,25,26)/b24-6-. The van der Waals surface area contributed by atoms with Crippen molar-refractivity contribution in [3.8, 4) is 0 Å². The normalized spacial score (nSPS) is 18.0. The predicted molar refractivity (Wildman–Crippen MR) is 115 cm³/mol. The second-order valence-corrected chi connectivity index (χ2v) is 8.19. The summed E-state index contributed by atoms with van der Waals surface area (Å²) in [6, 6.07) is 6.43. The summed E-state index contributed by atoms with van der Waals surface area (Å²) in [6.45, 7) is 9.68. The Balaban J connectivity index is 1.64. The average molecular weight is 397 g/mol. The molecule has 0 aromatic carbocycles. The van der Waals surface area contributed by atoms with Crippen LogP contribution in [0.5, 0.6) is 0 Å². The van der Waals surface area contributed by atoms with Gasteiger partial charge in [-0.2, -0.15) is 10.2 Å². The Kier molecular flexibility index (Phi) is 6.67. The number of aromatic amines is 1. The summed E-state index contributed by atoms with van der Waals surface area (Å²) in [5, 5.41) is 13.5. The average Bonchev–Trinajstić information content (AvgIpc) is 3.38. The van der Waals surface area contributed by atoms with E-state index in [-0.39, 0.29) is 11.8 Å². The van der Waals surface area contributed by atoms with Crippen molar-refractivity contribution in [2.75, 3.05) is 20.1 Å². The molecule has 2 unspecified atom stereocenters. The van der Waals surface area contributed by atoms with Crippen LogP contribution in [0.4, 0.5) is 0 Å². The number of likely N-dealkylation sites (tertiary alicyclic amines) is 1. The summed E-state index contributed by atoms with van der Waals surface area (Å²) in [7, 11) is 1.99. The van der Waals surface area contributed by atoms with E-state index in [9.17, 15) is 4.79 Å². The quantitative estimate of drug-likeness (QED) is 0.575. The molecular weight excluding hydrogens is 364 g/mol. The first-order valence-corrected chi connectivity index (χ1v) is 10.4. The molecule has 7 nitrogen and oxygen atoms in total. The first kappa shape index (κ1) is 21.0. The lowest BCUT2D eigenvalue weighted by molar-refractivity contribution is 0.0785. The summed E-state index contributed by atoms with van der Waals surface area (Å²) in [5.74, 6) is 0.593. The van der Waals surface area contributed by atoms with Gasteiger partial charge >= 0.3 is 0 Å². The van der Waals surface area contributed by atoms with E-state index in [1.165, 1.54) is 5.56 Å². The van der Waals surface area contributed by atoms with Gasteiger partial charge < -0.3 is 4.90 Å². The number of nitrogens with one attached hydrogen (secondary N) is 1. The lowest BCUT2D eigenvalue weighted by Gasteiger charge is -2.22. The predicted octanol–water partition coefficient (Wildman–Crippen LogP) is 3.43. The first-order valence-electron chi connectivity index (χ1n) is 10.4. The maximum atomic E-state index is 12.8. The number of carbonyl (C=O) groups excluding carboxylic acids is 1. The molecule has 2 aromatic rings. The zero-order valence-corrected chi connectivity index (χ0v) is 18.1. The lowest BCUT2D eigenvalue weighted by Crippen LogP contribution is -2.29. The molecule has 156 valence electrons. The molecule has 0 radical (unpaired) electrons. The van der Waals surface area contributed by atoms with Crippen LogP contribution in [0.1, 0.15) is 73.4 Å². The van der Waals surface area contributed by atoms with Crippen LogP contribution in [-0.2, 0) is 6.42 Å². The topological polar surface area (TPSA) is 77.5 Å². The van der Waals surface area contributed by atoms with Gasteiger partial charge in [-0.25, -0.2) is 0 Å². The summed E-state index contributed by atoms with van der Waals surface area (Å²) in [4.78, 5) is 19.3. The molecule has 2 atom stereocenters. The van der Waals surface area contributed by atoms with E-state index < -0.39 is 0 Å². The fourth-order valence-electron chi connectivity index (χ4n) is 3.70. The molecule has 1 saturated heterocycles. The van der Waals surface area contributed by atoms with Crippen LogP contribution in [0, 0.1) is 0 Å². The van der Waals surface area contributed by atoms with Gasteiger partial charge in [0.1, 0.15) is 5.69 Å². The van der Waals surface area contributed by atoms with Crippen molar-refractivity contribution in [3.05, 3.63) is 47.0 Å². The van der Waals surface area contributed by atoms with Gasteiger partial charge in [-0.1, -0.05) is 13.8 Å². The van der Waals surface area contributed by atoms with Crippen molar-refractivity contribution < 1.29 is 4.79 Å². The monoisotopic (exact) mass is 396 g/mol. The van der Waals surface area contributed by atoms with Gasteiger partial charge in [0.05, 0.1) is 0 Å². The Hall–Kier alpha value is -2.70. The minimum atomic E-state index is -0.000483. The van der Waals surface area contributed by atoms with Crippen molar-refractivity contribution in [3.63, 3.8) is 0 Å². The Morgan fingerprint density at radius 3 is 2.90 bits per heavy atom. The van der Waals surface area contributed by atoms with Crippen LogP contribution >= 0.6 is 0 Å². The van der Waals surface area contributed by atoms with E-state index in [0.29, 0.717) is 24.2 Å². The summed E-state index contributed by atoms with van der Waals surface area (Å²) in [5.41, 5.74) is 3.81. The Bertz CT molecular complexity index is 858. The molecule has 1 fully saturated rings. The van der Waals surface area contributed by atoms with Crippen LogP contribution in [0.3, 0.4) is 0 Å². The van der Waals surface area contributed by atoms with Crippen LogP contribution in [0.2, 0.25) is 0 Å². The van der Waals surface area contributed by atoms with Crippen molar-refractivity contribution in [2.24, 2.45) is 5.10 Å². The van der Waals surface area contributed by atoms with Crippen LogP contribution in [0.15, 0.2) is 29.5 Å². The largest absolute Gasteiger partial charge is 0.337 e. The summed E-state index contributed by atoms with van der Waals surface area (Å²) in [6.07, 6.45) is 5.53. The molecule has 3 rings (SSSR count). The molecule has 1 N–H and O–H groups in total. The molecule has 0 saturated carbocycles. The fourth-order valence-corrected chi connectivity index (χ4v) is 3.70. The van der Waals surface area contributed by atoms with Gasteiger partial charge in [0.15, 0.2) is 0 Å². The van der Waals surface area contributed by atoms with Crippen molar-refractivity contribution >= 4 is 12.1 Å². The van der Waals surface area contributed by atoms with Gasteiger partial charge in [0, 0.05) is 55.9 Å². The molecule has 2 aromatic heterocycles. The molecule has 29 heavy (non-hydrogen) atoms. The minimum Gasteiger partial charge on any atom is -0.337 e. The van der Waals surface area contributed by atoms with Crippen molar-refractivity contribution in [2.45, 2.75) is 58.4 Å². The highest BCUT2D eigenvalue weighted by atomic mass is 16.2. The SMILES string of the molecule is C/C=N\N(C)C(C)Cc1ccnc(C2CCN(C(=O)c3cc(C(C)C)[nH]n3)C2)c1. The molecule has 3 heterocycles. The first-order chi connectivity index (χ1) is 13.9. The van der Waals surface area contributed by atoms with E-state index in [2.05, 4.69) is 53.2 Å². The Morgan fingerprint density at radius 1 is 1.41 bits per heavy atom. The second kappa shape index (κ2) is 9.20. The number of hydrogen-bond donors (Lipinski definition) is 1. The highest BCUT2D eigenvalue weighted by Gasteiger charge is 2.30. The number of aromatic nitrogens is 3. The van der Waals surface area contributed by atoms with Gasteiger partial charge in [-0.05, 0) is 56.4 Å². The van der Waals surface area contributed by atoms with Crippen LogP contribution < -0.4 is 0 Å². The van der Waals surface area contributed by atoms with Crippen LogP contribution in [-0.4, -0.2) is 63.4 Å². The zero-order valence-electron chi connectivity index (χ0n) is 18.1. The number of H-pyrrole nitrogens is 1. The maximum Gasteiger partial charge on any atom is 0.274 e. The van der Waals surface area contributed by atoms with E-state index in [4.69, 9.17) is 0 Å². The maximum absolute atomic E-state index is 12.8. The Morgan fingerprint density at radius 2 is 2.21 bits per heavy atom. The summed E-state index contributed by atoms with van der Waals surface area (Å²) >= 11 is 0. The third kappa shape index (κ3) is 5.02. The number of nitrogens with zero attached hydrogens (tertiary/aromatic N) is 5. The number of likely N-dealkylation sites (N-methyl/N-ethyl adjacent to an activating group) is 1. The molecular formula is C22H32N6O. The fraction of sp³-hybridized carbons (Fsp3) is 0.545. The third-order valence-electron chi connectivity index (χ3n) is 5.64. The second-order valence-electron chi connectivity index (χ2n) is 8.19. The van der Waals surface area contributed by atoms with Gasteiger partial charge in [-0.15, -0.1) is 0 Å². The molecule has 0 aliphatic carbocycles. The molecule has 7 heteroatoms. The number of hydrazone groups is 1. The minimum absolute atomic E-state index is 0.000483. The van der Waals surface area contributed by atoms with E-state index in [1.807, 2.05) is 42.4 Å². The molecule has 1 amide bonds. The number of rotatable bonds is 7. The highest BCUT2D eigenvalue weighted by Crippen LogP contribution is 2.28. The molecule has 0 bridgehead atoms. The Labute approximate surface area is 173 Å². The molecule has 1 aliphatic heterocycles. The van der Waals surface area contributed by atoms with Crippen LogP contribution in [0.25, 0.3) is 0 Å². The number of hydrogen-bond acceptors (Lipinski definition) is 5. The lowest BCUT2D eigenvalue weighted by atomic mass is 10.00. The smallest absolute Gasteiger partial charge is 0.274 e. The van der Waals surface area contributed by atoms with Gasteiger partial charge in [0.25, 0.3) is 5.91 Å². The van der Waals surface area contributed by atoms with Gasteiger partial charge in [-0.3, -0.25) is 19.9 Å². The van der Waals surface area contributed by atoms with E-state index in [0.717, 1.165) is 30.8 Å². The van der Waals surface area contributed by atoms with Crippen molar-refractivity contribution in [1.82, 2.24) is 25.1 Å². The zero-order chi connectivity index (χ0) is 21.0. The number of carbonyl (C=O) groups is 1. The molecule has 0 spiro atoms. The van der Waals surface area contributed by atoms with Gasteiger partial charge in [0.2, 0.25) is 0 Å². The number of amides is 1. The van der Waals surface area contributed by atoms with Crippen molar-refractivity contribution in [1.29, 1.82) is 0 Å².